The molecule has 4 atom stereocenters. The van der Waals surface area contributed by atoms with E-state index in [1.807, 2.05) is 12.1 Å². The number of fused-ring (bicyclic) bond motifs is 5. The van der Waals surface area contributed by atoms with Gasteiger partial charge in [-0.15, -0.1) is 0 Å². The molecule has 3 aromatic rings. The third kappa shape index (κ3) is 3.14. The Hall–Kier alpha value is -3.24. The zero-order valence-corrected chi connectivity index (χ0v) is 16.2. The number of benzene rings is 2. The number of nitriles is 1. The van der Waals surface area contributed by atoms with Gasteiger partial charge in [0.25, 0.3) is 5.56 Å². The first-order valence-corrected chi connectivity index (χ1v) is 10.2. The molecule has 1 unspecified atom stereocenters. The normalized spacial score (nSPS) is 23.5. The van der Waals surface area contributed by atoms with Gasteiger partial charge in [-0.25, -0.2) is 4.39 Å². The summed E-state index contributed by atoms with van der Waals surface area (Å²) in [5.41, 5.74) is 0.562. The molecular weight excluding hydrogens is 383 g/mol. The minimum Gasteiger partial charge on any atom is -0.339 e. The number of H-pyrrole nitrogens is 1. The molecule has 1 saturated heterocycles. The van der Waals surface area contributed by atoms with Crippen molar-refractivity contribution >= 4 is 27.6 Å². The number of piperidine rings is 1. The Balaban J connectivity index is 1.42. The zero-order valence-electron chi connectivity index (χ0n) is 16.2. The maximum Gasteiger partial charge on any atom is 0.256 e. The first kappa shape index (κ1) is 18.8. The first-order chi connectivity index (χ1) is 14.5. The van der Waals surface area contributed by atoms with Crippen molar-refractivity contribution in [3.05, 3.63) is 58.1 Å². The molecule has 2 aromatic carbocycles. The highest BCUT2D eigenvalue weighted by molar-refractivity contribution is 6.05. The molecule has 7 heteroatoms. The van der Waals surface area contributed by atoms with E-state index in [2.05, 4.69) is 21.7 Å². The van der Waals surface area contributed by atoms with E-state index in [-0.39, 0.29) is 29.5 Å². The third-order valence-electron chi connectivity index (χ3n) is 6.44. The number of nitrogens with zero attached hydrogens (tertiary/aromatic N) is 1. The summed E-state index contributed by atoms with van der Waals surface area (Å²) in [4.78, 5) is 27.9. The van der Waals surface area contributed by atoms with Gasteiger partial charge in [0.1, 0.15) is 11.9 Å². The molecule has 2 bridgehead atoms. The number of para-hydroxylation sites is 1. The Kier molecular flexibility index (Phi) is 4.52. The van der Waals surface area contributed by atoms with Crippen molar-refractivity contribution in [1.82, 2.24) is 15.6 Å². The minimum absolute atomic E-state index is 0.00288. The van der Waals surface area contributed by atoms with Crippen LogP contribution >= 0.6 is 0 Å². The maximum absolute atomic E-state index is 14.9. The number of aromatic nitrogens is 1. The maximum atomic E-state index is 14.9. The molecule has 2 heterocycles. The molecule has 1 amide bonds. The fourth-order valence-electron chi connectivity index (χ4n) is 4.96. The van der Waals surface area contributed by atoms with Crippen LogP contribution in [-0.4, -0.2) is 29.0 Å². The number of amides is 1. The van der Waals surface area contributed by atoms with Crippen LogP contribution in [-0.2, 0) is 11.2 Å². The van der Waals surface area contributed by atoms with Gasteiger partial charge in [-0.2, -0.15) is 5.26 Å². The van der Waals surface area contributed by atoms with Crippen LogP contribution in [0, 0.1) is 23.1 Å². The Labute approximate surface area is 172 Å². The molecule has 1 aromatic heterocycles. The van der Waals surface area contributed by atoms with Crippen molar-refractivity contribution in [1.29, 1.82) is 5.26 Å². The fourth-order valence-corrected chi connectivity index (χ4v) is 4.96. The molecular formula is C23H21FN4O2. The Morgan fingerprint density at radius 1 is 1.23 bits per heavy atom. The molecule has 1 aliphatic heterocycles. The number of halogens is 1. The molecule has 1 aliphatic carbocycles. The summed E-state index contributed by atoms with van der Waals surface area (Å²) in [5, 5.41) is 17.2. The number of carbonyl (C=O) groups is 1. The summed E-state index contributed by atoms with van der Waals surface area (Å²) in [6.07, 6.45) is 3.09. The summed E-state index contributed by atoms with van der Waals surface area (Å²) >= 11 is 0. The number of carbonyl (C=O) groups excluding carboxylic acids is 1. The van der Waals surface area contributed by atoms with Gasteiger partial charge in [-0.3, -0.25) is 9.59 Å². The largest absolute Gasteiger partial charge is 0.339 e. The fraction of sp³-hybridized carbons (Fsp3) is 0.348. The molecule has 2 fully saturated rings. The number of hydrogen-bond donors (Lipinski definition) is 3. The van der Waals surface area contributed by atoms with Crippen LogP contribution in [0.3, 0.4) is 0 Å². The molecule has 3 N–H and O–H groups in total. The molecule has 0 spiro atoms. The van der Waals surface area contributed by atoms with Crippen molar-refractivity contribution < 1.29 is 9.18 Å². The lowest BCUT2D eigenvalue weighted by Crippen LogP contribution is -2.50. The Morgan fingerprint density at radius 3 is 2.80 bits per heavy atom. The van der Waals surface area contributed by atoms with Crippen LogP contribution in [0.25, 0.3) is 21.7 Å². The lowest BCUT2D eigenvalue weighted by Gasteiger charge is -2.23. The second-order valence-corrected chi connectivity index (χ2v) is 8.30. The van der Waals surface area contributed by atoms with E-state index in [1.54, 1.807) is 12.1 Å². The lowest BCUT2D eigenvalue weighted by molar-refractivity contribution is -0.124. The lowest BCUT2D eigenvalue weighted by atomic mass is 9.97. The Bertz CT molecular complexity index is 1260. The average Bonchev–Trinajstić information content (AvgIpc) is 3.38. The average molecular weight is 404 g/mol. The minimum atomic E-state index is -0.870. The van der Waals surface area contributed by atoms with Crippen molar-refractivity contribution in [3.63, 3.8) is 0 Å². The van der Waals surface area contributed by atoms with E-state index >= 15 is 0 Å². The summed E-state index contributed by atoms with van der Waals surface area (Å²) < 4.78 is 14.9. The van der Waals surface area contributed by atoms with Crippen LogP contribution in [0.4, 0.5) is 4.39 Å². The highest BCUT2D eigenvalue weighted by Gasteiger charge is 2.43. The van der Waals surface area contributed by atoms with Crippen molar-refractivity contribution in [3.8, 4) is 6.07 Å². The molecule has 6 nitrogen and oxygen atoms in total. The van der Waals surface area contributed by atoms with Gasteiger partial charge >= 0.3 is 0 Å². The highest BCUT2D eigenvalue weighted by Crippen LogP contribution is 2.35. The van der Waals surface area contributed by atoms with E-state index in [0.29, 0.717) is 28.2 Å². The standard InChI is InChI=1S/C23H21FN4O2/c24-19-10-17-16-3-1-2-4-20(16)28-22(29)18(17)9-13(19)8-15(11-25)27-23(30)21-12-5-6-14(7-12)26-21/h1-4,9-10,12,14-15,21,26H,5-8H2,(H,27,30)(H,28,29)/t12-,14+,15?,21-/m0/s1. The molecule has 30 heavy (non-hydrogen) atoms. The van der Waals surface area contributed by atoms with Gasteiger partial charge in [0, 0.05) is 28.8 Å². The van der Waals surface area contributed by atoms with Crippen LogP contribution in [0.2, 0.25) is 0 Å². The zero-order chi connectivity index (χ0) is 20.8. The number of pyridine rings is 1. The van der Waals surface area contributed by atoms with Crippen LogP contribution < -0.4 is 16.2 Å². The van der Waals surface area contributed by atoms with E-state index in [9.17, 15) is 19.2 Å². The summed E-state index contributed by atoms with van der Waals surface area (Å²) in [6, 6.07) is 11.3. The quantitative estimate of drug-likeness (QED) is 0.582. The second kappa shape index (κ2) is 7.22. The Morgan fingerprint density at radius 2 is 2.07 bits per heavy atom. The van der Waals surface area contributed by atoms with Gasteiger partial charge in [-0.1, -0.05) is 18.2 Å². The van der Waals surface area contributed by atoms with Crippen LogP contribution in [0.5, 0.6) is 0 Å². The smallest absolute Gasteiger partial charge is 0.256 e. The topological polar surface area (TPSA) is 97.8 Å². The number of aromatic amines is 1. The van der Waals surface area contributed by atoms with Crippen molar-refractivity contribution in [2.24, 2.45) is 5.92 Å². The highest BCUT2D eigenvalue weighted by atomic mass is 19.1. The van der Waals surface area contributed by atoms with Crippen LogP contribution in [0.15, 0.2) is 41.2 Å². The predicted octanol–water partition coefficient (Wildman–Crippen LogP) is 2.51. The molecule has 152 valence electrons. The molecule has 0 radical (unpaired) electrons. The monoisotopic (exact) mass is 404 g/mol. The van der Waals surface area contributed by atoms with E-state index in [0.717, 1.165) is 24.6 Å². The van der Waals surface area contributed by atoms with E-state index < -0.39 is 11.9 Å². The summed E-state index contributed by atoms with van der Waals surface area (Å²) in [5.74, 6) is -0.400. The van der Waals surface area contributed by atoms with Gasteiger partial charge < -0.3 is 15.6 Å². The molecule has 5 rings (SSSR count). The summed E-state index contributed by atoms with van der Waals surface area (Å²) in [7, 11) is 0. The van der Waals surface area contributed by atoms with Gasteiger partial charge in [-0.05, 0) is 54.3 Å². The van der Waals surface area contributed by atoms with Crippen molar-refractivity contribution in [2.75, 3.05) is 0 Å². The van der Waals surface area contributed by atoms with Gasteiger partial charge in [0.2, 0.25) is 5.91 Å². The summed E-state index contributed by atoms with van der Waals surface area (Å²) in [6.45, 7) is 0. The number of hydrogen-bond acceptors (Lipinski definition) is 4. The molecule has 2 aliphatic rings. The van der Waals surface area contributed by atoms with Crippen molar-refractivity contribution in [2.45, 2.75) is 43.8 Å². The van der Waals surface area contributed by atoms with Crippen LogP contribution in [0.1, 0.15) is 24.8 Å². The second-order valence-electron chi connectivity index (χ2n) is 8.30. The number of rotatable bonds is 4. The predicted molar refractivity (Wildman–Crippen MR) is 111 cm³/mol. The van der Waals surface area contributed by atoms with Gasteiger partial charge in [0.15, 0.2) is 0 Å². The van der Waals surface area contributed by atoms with E-state index in [4.69, 9.17) is 0 Å². The van der Waals surface area contributed by atoms with E-state index in [1.165, 1.54) is 12.1 Å². The van der Waals surface area contributed by atoms with Gasteiger partial charge in [0.05, 0.1) is 12.1 Å². The first-order valence-electron chi connectivity index (χ1n) is 10.2. The number of nitrogens with one attached hydrogen (secondary N) is 3. The third-order valence-corrected chi connectivity index (χ3v) is 6.44. The molecule has 1 saturated carbocycles. The SMILES string of the molecule is N#CC(Cc1cc2c(=O)[nH]c3ccccc3c2cc1F)NC(=O)[C@H]1N[C@@H]2CC[C@H]1C2.